The lowest BCUT2D eigenvalue weighted by molar-refractivity contribution is -0.162. The molecule has 0 saturated heterocycles. The molecule has 0 atom stereocenters. The number of nitrogens with zero attached hydrogens (tertiary/aromatic N) is 1. The van der Waals surface area contributed by atoms with Crippen LogP contribution in [0, 0.1) is 0 Å². The van der Waals surface area contributed by atoms with Gasteiger partial charge in [0.2, 0.25) is 5.78 Å². The number of carbonyl (C=O) groups is 3. The van der Waals surface area contributed by atoms with Crippen molar-refractivity contribution in [2.75, 3.05) is 0 Å². The number of ether oxygens (including phenoxy) is 1. The zero-order chi connectivity index (χ0) is 13.8. The Labute approximate surface area is 105 Å². The first-order chi connectivity index (χ1) is 8.29. The van der Waals surface area contributed by atoms with E-state index in [0.29, 0.717) is 0 Å². The quantitative estimate of drug-likeness (QED) is 0.350. The maximum atomic E-state index is 11.6. The monoisotopic (exact) mass is 249 g/mol. The van der Waals surface area contributed by atoms with Crippen LogP contribution in [0.1, 0.15) is 37.7 Å². The van der Waals surface area contributed by atoms with E-state index in [2.05, 4.69) is 4.98 Å². The fourth-order valence-corrected chi connectivity index (χ4v) is 1.17. The van der Waals surface area contributed by atoms with Crippen LogP contribution in [0.4, 0.5) is 0 Å². The van der Waals surface area contributed by atoms with Crippen molar-refractivity contribution in [2.45, 2.75) is 32.8 Å². The second-order valence-corrected chi connectivity index (χ2v) is 4.74. The Bertz CT molecular complexity index is 460. The first kappa shape index (κ1) is 14.0. The van der Waals surface area contributed by atoms with E-state index in [0.717, 1.165) is 0 Å². The average Bonchev–Trinajstić information content (AvgIpc) is 2.27. The van der Waals surface area contributed by atoms with Gasteiger partial charge in [0.15, 0.2) is 5.78 Å². The molecule has 0 amide bonds. The smallest absolute Gasteiger partial charge is 0.375 e. The van der Waals surface area contributed by atoms with Gasteiger partial charge in [0.25, 0.3) is 0 Å². The number of Topliss-reactive ketones (excluding diaryl/α,β-unsaturated/α-hetero) is 2. The third-order valence-corrected chi connectivity index (χ3v) is 1.90. The van der Waals surface area contributed by atoms with Gasteiger partial charge in [-0.1, -0.05) is 6.07 Å². The molecule has 0 radical (unpaired) electrons. The van der Waals surface area contributed by atoms with Gasteiger partial charge in [0, 0.05) is 6.20 Å². The first-order valence-corrected chi connectivity index (χ1v) is 5.50. The fraction of sp³-hybridized carbons (Fsp3) is 0.385. The fourth-order valence-electron chi connectivity index (χ4n) is 1.17. The molecular weight excluding hydrogens is 234 g/mol. The third-order valence-electron chi connectivity index (χ3n) is 1.90. The van der Waals surface area contributed by atoms with Gasteiger partial charge in [-0.3, -0.25) is 14.6 Å². The molecule has 1 aromatic heterocycles. The van der Waals surface area contributed by atoms with Crippen LogP contribution < -0.4 is 0 Å². The van der Waals surface area contributed by atoms with Gasteiger partial charge in [-0.15, -0.1) is 0 Å². The van der Waals surface area contributed by atoms with Crippen molar-refractivity contribution in [3.8, 4) is 0 Å². The molecule has 1 rings (SSSR count). The minimum absolute atomic E-state index is 0.161. The van der Waals surface area contributed by atoms with Crippen molar-refractivity contribution < 1.29 is 19.1 Å². The van der Waals surface area contributed by atoms with Crippen LogP contribution in [-0.2, 0) is 14.3 Å². The normalized spacial score (nSPS) is 10.8. The average molecular weight is 249 g/mol. The van der Waals surface area contributed by atoms with Gasteiger partial charge in [0.1, 0.15) is 11.3 Å². The van der Waals surface area contributed by atoms with Crippen LogP contribution in [0.15, 0.2) is 24.4 Å². The lowest BCUT2D eigenvalue weighted by Gasteiger charge is -2.18. The zero-order valence-corrected chi connectivity index (χ0v) is 10.6. The molecule has 5 heteroatoms. The Hall–Kier alpha value is -2.04. The summed E-state index contributed by atoms with van der Waals surface area (Å²) in [5.74, 6) is -2.35. The number of rotatable bonds is 4. The van der Waals surface area contributed by atoms with Crippen LogP contribution >= 0.6 is 0 Å². The Morgan fingerprint density at radius 2 is 1.89 bits per heavy atom. The van der Waals surface area contributed by atoms with Gasteiger partial charge in [-0.05, 0) is 32.9 Å². The number of hydrogen-bond donors (Lipinski definition) is 0. The van der Waals surface area contributed by atoms with Crippen molar-refractivity contribution in [1.82, 2.24) is 4.98 Å². The Morgan fingerprint density at radius 1 is 1.22 bits per heavy atom. The molecule has 0 aliphatic heterocycles. The summed E-state index contributed by atoms with van der Waals surface area (Å²) < 4.78 is 4.88. The van der Waals surface area contributed by atoms with Crippen LogP contribution in [-0.4, -0.2) is 28.1 Å². The van der Waals surface area contributed by atoms with E-state index in [1.165, 1.54) is 12.3 Å². The molecule has 1 aromatic rings. The number of esters is 1. The van der Waals surface area contributed by atoms with Crippen LogP contribution in [0.3, 0.4) is 0 Å². The van der Waals surface area contributed by atoms with Crippen molar-refractivity contribution in [2.24, 2.45) is 0 Å². The van der Waals surface area contributed by atoms with E-state index in [9.17, 15) is 14.4 Å². The molecule has 0 spiro atoms. The molecule has 1 heterocycles. The number of ketones is 2. The molecule has 96 valence electrons. The molecule has 0 unspecified atom stereocenters. The second-order valence-electron chi connectivity index (χ2n) is 4.74. The Morgan fingerprint density at radius 3 is 2.39 bits per heavy atom. The van der Waals surface area contributed by atoms with E-state index < -0.39 is 29.6 Å². The van der Waals surface area contributed by atoms with Gasteiger partial charge >= 0.3 is 5.97 Å². The lowest BCUT2D eigenvalue weighted by Crippen LogP contribution is -2.30. The van der Waals surface area contributed by atoms with Gasteiger partial charge in [-0.2, -0.15) is 0 Å². The van der Waals surface area contributed by atoms with E-state index in [4.69, 9.17) is 4.74 Å². The van der Waals surface area contributed by atoms with Crippen molar-refractivity contribution in [3.63, 3.8) is 0 Å². The topological polar surface area (TPSA) is 73.3 Å². The second kappa shape index (κ2) is 5.53. The summed E-state index contributed by atoms with van der Waals surface area (Å²) in [6.45, 7) is 4.95. The molecule has 0 fully saturated rings. The maximum absolute atomic E-state index is 11.6. The highest BCUT2D eigenvalue weighted by molar-refractivity contribution is 6.38. The SMILES string of the molecule is CC(C)(C)OC(=O)C(=O)CC(=O)c1ccccn1. The highest BCUT2D eigenvalue weighted by Gasteiger charge is 2.25. The van der Waals surface area contributed by atoms with E-state index in [1.54, 1.807) is 32.9 Å². The first-order valence-electron chi connectivity index (χ1n) is 5.50. The number of hydrogen-bond acceptors (Lipinski definition) is 5. The maximum Gasteiger partial charge on any atom is 0.375 e. The van der Waals surface area contributed by atoms with Crippen LogP contribution in [0.25, 0.3) is 0 Å². The molecule has 18 heavy (non-hydrogen) atoms. The molecule has 0 saturated carbocycles. The summed E-state index contributed by atoms with van der Waals surface area (Å²) in [4.78, 5) is 38.3. The minimum atomic E-state index is -0.994. The van der Waals surface area contributed by atoms with Crippen molar-refractivity contribution >= 4 is 17.5 Å². The Balaban J connectivity index is 2.61. The van der Waals surface area contributed by atoms with Gasteiger partial charge < -0.3 is 4.74 Å². The van der Waals surface area contributed by atoms with Crippen molar-refractivity contribution in [1.29, 1.82) is 0 Å². The molecule has 0 bridgehead atoms. The standard InChI is InChI=1S/C13H15NO4/c1-13(2,3)18-12(17)11(16)8-10(15)9-6-4-5-7-14-9/h4-7H,8H2,1-3H3. The van der Waals surface area contributed by atoms with E-state index in [-0.39, 0.29) is 5.69 Å². The number of pyridine rings is 1. The predicted molar refractivity (Wildman–Crippen MR) is 64.0 cm³/mol. The van der Waals surface area contributed by atoms with Crippen LogP contribution in [0.2, 0.25) is 0 Å². The molecular formula is C13H15NO4. The molecule has 0 N–H and O–H groups in total. The third kappa shape index (κ3) is 4.45. The van der Waals surface area contributed by atoms with Gasteiger partial charge in [0.05, 0.1) is 6.42 Å². The highest BCUT2D eigenvalue weighted by Crippen LogP contribution is 2.08. The molecule has 0 aliphatic rings. The summed E-state index contributed by atoms with van der Waals surface area (Å²) in [6.07, 6.45) is 0.928. The molecule has 0 aliphatic carbocycles. The summed E-state index contributed by atoms with van der Waals surface area (Å²) in [7, 11) is 0. The number of carbonyl (C=O) groups excluding carboxylic acids is 3. The lowest BCUT2D eigenvalue weighted by atomic mass is 10.1. The summed E-state index contributed by atoms with van der Waals surface area (Å²) in [5, 5.41) is 0. The summed E-state index contributed by atoms with van der Waals surface area (Å²) >= 11 is 0. The highest BCUT2D eigenvalue weighted by atomic mass is 16.6. The summed E-state index contributed by atoms with van der Waals surface area (Å²) in [5.41, 5.74) is -0.588. The zero-order valence-electron chi connectivity index (χ0n) is 10.6. The summed E-state index contributed by atoms with van der Waals surface area (Å²) in [6, 6.07) is 4.79. The van der Waals surface area contributed by atoms with E-state index >= 15 is 0 Å². The molecule has 0 aromatic carbocycles. The molecule has 5 nitrogen and oxygen atoms in total. The Kier molecular flexibility index (Phi) is 4.31. The van der Waals surface area contributed by atoms with Crippen LogP contribution in [0.5, 0.6) is 0 Å². The van der Waals surface area contributed by atoms with E-state index in [1.807, 2.05) is 0 Å². The minimum Gasteiger partial charge on any atom is -0.454 e. The predicted octanol–water partition coefficient (Wildman–Crippen LogP) is 1.57. The largest absolute Gasteiger partial charge is 0.454 e. The van der Waals surface area contributed by atoms with Gasteiger partial charge in [-0.25, -0.2) is 4.79 Å². The van der Waals surface area contributed by atoms with Crippen molar-refractivity contribution in [3.05, 3.63) is 30.1 Å². The number of aromatic nitrogens is 1.